The predicted molar refractivity (Wildman–Crippen MR) is 101 cm³/mol. The lowest BCUT2D eigenvalue weighted by Gasteiger charge is -2.30. The molecule has 2 amide bonds. The van der Waals surface area contributed by atoms with E-state index in [1.54, 1.807) is 17.0 Å². The average molecular weight is 386 g/mol. The molecule has 1 radical (unpaired) electrons. The summed E-state index contributed by atoms with van der Waals surface area (Å²) >= 11 is 1.36. The van der Waals surface area contributed by atoms with Crippen molar-refractivity contribution in [1.29, 1.82) is 0 Å². The smallest absolute Gasteiger partial charge is 0.274 e. The van der Waals surface area contributed by atoms with E-state index in [0.717, 1.165) is 17.8 Å². The van der Waals surface area contributed by atoms with Crippen molar-refractivity contribution in [2.75, 3.05) is 0 Å². The van der Waals surface area contributed by atoms with E-state index < -0.39 is 5.41 Å². The van der Waals surface area contributed by atoms with Gasteiger partial charge in [0.25, 0.3) is 5.91 Å². The first-order chi connectivity index (χ1) is 12.8. The minimum Gasteiger partial charge on any atom is -0.369 e. The Labute approximate surface area is 161 Å². The number of thiazole rings is 1. The van der Waals surface area contributed by atoms with Gasteiger partial charge in [-0.2, -0.15) is 0 Å². The van der Waals surface area contributed by atoms with E-state index in [4.69, 9.17) is 5.73 Å². The fourth-order valence-corrected chi connectivity index (χ4v) is 5.59. The lowest BCUT2D eigenvalue weighted by molar-refractivity contribution is -0.127. The maximum atomic E-state index is 13.7. The molecular formula is C20H21FN3O2S. The van der Waals surface area contributed by atoms with Crippen molar-refractivity contribution in [1.82, 2.24) is 9.88 Å². The molecule has 2 aromatic rings. The van der Waals surface area contributed by atoms with Crippen LogP contribution >= 0.6 is 11.3 Å². The molecule has 7 heteroatoms. The van der Waals surface area contributed by atoms with Crippen molar-refractivity contribution < 1.29 is 14.0 Å². The largest absolute Gasteiger partial charge is 0.369 e. The van der Waals surface area contributed by atoms with Gasteiger partial charge in [0, 0.05) is 12.1 Å². The van der Waals surface area contributed by atoms with Crippen LogP contribution in [0, 0.1) is 25.1 Å². The van der Waals surface area contributed by atoms with E-state index in [1.165, 1.54) is 23.5 Å². The standard InChI is InChI=1S/C20H21FN3O2S/c1-11-10-20(19(22)26)8-4-7-15(20)24(11)18(25)16-17(27-12(2)23-16)13-5-3-6-14(21)9-13/h3,5-6,9,11,15H,1,4,7-8,10H2,2H3,(H2,22,26)/t11-,15-,20-/m0/s1. The first-order valence-corrected chi connectivity index (χ1v) is 9.84. The van der Waals surface area contributed by atoms with Gasteiger partial charge in [-0.15, -0.1) is 11.3 Å². The number of hydrogen-bond acceptors (Lipinski definition) is 4. The SMILES string of the molecule is [CH2][C@H]1C[C@@]2(C(N)=O)CCC[C@@H]2N1C(=O)c1nc(C)sc1-c1cccc(F)c1. The van der Waals surface area contributed by atoms with Gasteiger partial charge < -0.3 is 10.6 Å². The van der Waals surface area contributed by atoms with E-state index in [9.17, 15) is 14.0 Å². The molecule has 0 bridgehead atoms. The summed E-state index contributed by atoms with van der Waals surface area (Å²) in [6.07, 6.45) is 2.77. The van der Waals surface area contributed by atoms with E-state index in [0.29, 0.717) is 29.0 Å². The highest BCUT2D eigenvalue weighted by molar-refractivity contribution is 7.15. The maximum absolute atomic E-state index is 13.7. The van der Waals surface area contributed by atoms with E-state index in [2.05, 4.69) is 11.9 Å². The number of hydrogen-bond donors (Lipinski definition) is 1. The Balaban J connectivity index is 1.75. The number of aryl methyl sites for hydroxylation is 1. The number of nitrogens with two attached hydrogens (primary N) is 1. The summed E-state index contributed by atoms with van der Waals surface area (Å²) in [5.74, 6) is -0.973. The van der Waals surface area contributed by atoms with Crippen LogP contribution in [0.3, 0.4) is 0 Å². The van der Waals surface area contributed by atoms with Crippen molar-refractivity contribution in [2.45, 2.75) is 44.7 Å². The lowest BCUT2D eigenvalue weighted by Crippen LogP contribution is -2.46. The molecule has 27 heavy (non-hydrogen) atoms. The molecule has 0 unspecified atom stereocenters. The molecule has 4 rings (SSSR count). The van der Waals surface area contributed by atoms with Crippen LogP contribution in [0.4, 0.5) is 4.39 Å². The zero-order valence-corrected chi connectivity index (χ0v) is 15.9. The number of aromatic nitrogens is 1. The van der Waals surface area contributed by atoms with Crippen LogP contribution in [0.1, 0.15) is 41.2 Å². The van der Waals surface area contributed by atoms with Crippen molar-refractivity contribution in [3.05, 3.63) is 47.7 Å². The Morgan fingerprint density at radius 1 is 1.44 bits per heavy atom. The number of carbonyl (C=O) groups is 2. The van der Waals surface area contributed by atoms with Gasteiger partial charge in [0.15, 0.2) is 0 Å². The molecule has 5 nitrogen and oxygen atoms in total. The number of benzene rings is 1. The molecule has 2 N–H and O–H groups in total. The van der Waals surface area contributed by atoms with Crippen LogP contribution in [0.15, 0.2) is 24.3 Å². The fourth-order valence-electron chi connectivity index (χ4n) is 4.69. The van der Waals surface area contributed by atoms with E-state index in [-0.39, 0.29) is 29.7 Å². The van der Waals surface area contributed by atoms with Crippen molar-refractivity contribution in [3.8, 4) is 10.4 Å². The molecule has 2 aliphatic rings. The van der Waals surface area contributed by atoms with Crippen LogP contribution < -0.4 is 5.73 Å². The molecule has 1 aliphatic carbocycles. The molecule has 1 aromatic heterocycles. The van der Waals surface area contributed by atoms with Gasteiger partial charge in [0.2, 0.25) is 5.91 Å². The quantitative estimate of drug-likeness (QED) is 0.879. The zero-order valence-electron chi connectivity index (χ0n) is 15.1. The van der Waals surface area contributed by atoms with Gasteiger partial charge in [-0.3, -0.25) is 9.59 Å². The molecular weight excluding hydrogens is 365 g/mol. The molecule has 1 saturated heterocycles. The molecule has 1 aromatic carbocycles. The second-order valence-electron chi connectivity index (χ2n) is 7.42. The monoisotopic (exact) mass is 386 g/mol. The first-order valence-electron chi connectivity index (χ1n) is 9.02. The Bertz CT molecular complexity index is 928. The second kappa shape index (κ2) is 6.41. The highest BCUT2D eigenvalue weighted by Gasteiger charge is 2.58. The third-order valence-corrected chi connectivity index (χ3v) is 6.84. The number of carbonyl (C=O) groups excluding carboxylic acids is 2. The van der Waals surface area contributed by atoms with Gasteiger partial charge >= 0.3 is 0 Å². The Kier molecular flexibility index (Phi) is 4.29. The summed E-state index contributed by atoms with van der Waals surface area (Å²) in [7, 11) is 0. The van der Waals surface area contributed by atoms with E-state index in [1.807, 2.05) is 6.92 Å². The van der Waals surface area contributed by atoms with Gasteiger partial charge in [-0.05, 0) is 50.8 Å². The molecule has 2 fully saturated rings. The summed E-state index contributed by atoms with van der Waals surface area (Å²) in [5, 5.41) is 0.727. The second-order valence-corrected chi connectivity index (χ2v) is 8.62. The Morgan fingerprint density at radius 3 is 2.93 bits per heavy atom. The van der Waals surface area contributed by atoms with Gasteiger partial charge in [-0.1, -0.05) is 18.6 Å². The average Bonchev–Trinajstić information content (AvgIpc) is 3.26. The van der Waals surface area contributed by atoms with Crippen molar-refractivity contribution in [2.24, 2.45) is 11.1 Å². The number of amides is 2. The highest BCUT2D eigenvalue weighted by Crippen LogP contribution is 2.51. The van der Waals surface area contributed by atoms with Crippen molar-refractivity contribution >= 4 is 23.2 Å². The van der Waals surface area contributed by atoms with Gasteiger partial charge in [-0.25, -0.2) is 9.37 Å². The van der Waals surface area contributed by atoms with Gasteiger partial charge in [0.05, 0.1) is 15.3 Å². The molecule has 141 valence electrons. The van der Waals surface area contributed by atoms with Crippen LogP contribution in [-0.2, 0) is 4.79 Å². The number of primary amides is 1. The molecule has 3 atom stereocenters. The summed E-state index contributed by atoms with van der Waals surface area (Å²) < 4.78 is 13.7. The Morgan fingerprint density at radius 2 is 2.22 bits per heavy atom. The van der Waals surface area contributed by atoms with Crippen molar-refractivity contribution in [3.63, 3.8) is 0 Å². The first kappa shape index (κ1) is 18.1. The molecule has 2 heterocycles. The Hall–Kier alpha value is -2.28. The number of rotatable bonds is 3. The van der Waals surface area contributed by atoms with Crippen LogP contribution in [0.25, 0.3) is 10.4 Å². The lowest BCUT2D eigenvalue weighted by atomic mass is 9.80. The maximum Gasteiger partial charge on any atom is 0.274 e. The normalized spacial score (nSPS) is 27.0. The molecule has 0 spiro atoms. The molecule has 1 aliphatic heterocycles. The highest BCUT2D eigenvalue weighted by atomic mass is 32.1. The summed E-state index contributed by atoms with van der Waals surface area (Å²) in [5.41, 5.74) is 5.95. The number of likely N-dealkylation sites (tertiary alicyclic amines) is 1. The zero-order chi connectivity index (χ0) is 19.3. The van der Waals surface area contributed by atoms with Crippen LogP contribution in [-0.4, -0.2) is 33.8 Å². The third-order valence-electron chi connectivity index (χ3n) is 5.82. The van der Waals surface area contributed by atoms with E-state index >= 15 is 0 Å². The number of nitrogens with zero attached hydrogens (tertiary/aromatic N) is 2. The topological polar surface area (TPSA) is 76.3 Å². The summed E-state index contributed by atoms with van der Waals surface area (Å²) in [6, 6.07) is 5.57. The van der Waals surface area contributed by atoms with Crippen LogP contribution in [0.5, 0.6) is 0 Å². The number of halogens is 1. The van der Waals surface area contributed by atoms with Crippen LogP contribution in [0.2, 0.25) is 0 Å². The fraction of sp³-hybridized carbons (Fsp3) is 0.400. The third kappa shape index (κ3) is 2.76. The minimum absolute atomic E-state index is 0.243. The minimum atomic E-state index is -0.688. The summed E-state index contributed by atoms with van der Waals surface area (Å²) in [4.78, 5) is 32.4. The molecule has 1 saturated carbocycles. The summed E-state index contributed by atoms with van der Waals surface area (Å²) in [6.45, 7) is 5.93. The number of fused-ring (bicyclic) bond motifs is 1. The van der Waals surface area contributed by atoms with Gasteiger partial charge in [0.1, 0.15) is 11.5 Å². The predicted octanol–water partition coefficient (Wildman–Crippen LogP) is 3.33.